The van der Waals surface area contributed by atoms with Crippen molar-refractivity contribution >= 4 is 12.0 Å². The fourth-order valence-corrected chi connectivity index (χ4v) is 2.63. The maximum absolute atomic E-state index is 12.4. The highest BCUT2D eigenvalue weighted by atomic mass is 16.6. The van der Waals surface area contributed by atoms with Gasteiger partial charge in [-0.3, -0.25) is 4.79 Å². The molecule has 0 bridgehead atoms. The molecule has 1 atom stereocenters. The molecule has 0 N–H and O–H groups in total. The number of ether oxygens (including phenoxy) is 2. The smallest absolute Gasteiger partial charge is 0.417 e. The predicted octanol–water partition coefficient (Wildman–Crippen LogP) is 3.48. The maximum atomic E-state index is 12.4. The average Bonchev–Trinajstić information content (AvgIpc) is 3.04. The minimum atomic E-state index is -0.617. The second-order valence-corrected chi connectivity index (χ2v) is 5.61. The van der Waals surface area contributed by atoms with E-state index in [0.717, 1.165) is 16.0 Å². The van der Waals surface area contributed by atoms with E-state index >= 15 is 0 Å². The second-order valence-electron chi connectivity index (χ2n) is 5.61. The van der Waals surface area contributed by atoms with Gasteiger partial charge in [-0.1, -0.05) is 66.7 Å². The molecular formula is C20H19NO4. The molecule has 5 nitrogen and oxygen atoms in total. The molecule has 0 aliphatic carbocycles. The lowest BCUT2D eigenvalue weighted by atomic mass is 10.1. The Morgan fingerprint density at radius 3 is 2.52 bits per heavy atom. The zero-order valence-corrected chi connectivity index (χ0v) is 13.7. The number of amides is 2. The largest absolute Gasteiger partial charge is 0.446 e. The van der Waals surface area contributed by atoms with E-state index in [2.05, 4.69) is 0 Å². The number of imide groups is 1. The Kier molecular flexibility index (Phi) is 5.59. The zero-order valence-electron chi connectivity index (χ0n) is 13.7. The van der Waals surface area contributed by atoms with Crippen LogP contribution in [-0.4, -0.2) is 30.1 Å². The maximum Gasteiger partial charge on any atom is 0.417 e. The lowest BCUT2D eigenvalue weighted by Crippen LogP contribution is -2.32. The number of carbonyl (C=O) groups excluding carboxylic acids is 2. The summed E-state index contributed by atoms with van der Waals surface area (Å²) in [6.45, 7) is 0.935. The van der Waals surface area contributed by atoms with Crippen molar-refractivity contribution in [2.45, 2.75) is 12.6 Å². The van der Waals surface area contributed by atoms with E-state index in [1.54, 1.807) is 6.08 Å². The number of benzene rings is 2. The van der Waals surface area contributed by atoms with Crippen LogP contribution in [0, 0.1) is 0 Å². The normalized spacial score (nSPS) is 17.0. The molecule has 25 heavy (non-hydrogen) atoms. The minimum absolute atomic E-state index is 0.174. The van der Waals surface area contributed by atoms with E-state index in [4.69, 9.17) is 9.47 Å². The molecule has 1 aliphatic heterocycles. The second kappa shape index (κ2) is 8.26. The number of cyclic esters (lactones) is 1. The van der Waals surface area contributed by atoms with Gasteiger partial charge in [-0.15, -0.1) is 0 Å². The molecule has 3 rings (SSSR count). The molecule has 1 saturated heterocycles. The number of hydrogen-bond donors (Lipinski definition) is 0. The molecule has 1 fully saturated rings. The highest BCUT2D eigenvalue weighted by molar-refractivity contribution is 5.99. The Labute approximate surface area is 146 Å². The molecule has 1 heterocycles. The molecule has 1 unspecified atom stereocenters. The van der Waals surface area contributed by atoms with Crippen molar-refractivity contribution < 1.29 is 19.1 Å². The minimum Gasteiger partial charge on any atom is -0.446 e. The molecule has 2 aromatic carbocycles. The molecule has 1 aliphatic rings. The monoisotopic (exact) mass is 337 g/mol. The van der Waals surface area contributed by atoms with Gasteiger partial charge >= 0.3 is 6.09 Å². The van der Waals surface area contributed by atoms with Gasteiger partial charge in [0.2, 0.25) is 0 Å². The van der Waals surface area contributed by atoms with Gasteiger partial charge in [-0.2, -0.15) is 0 Å². The summed E-state index contributed by atoms with van der Waals surface area (Å²) in [5.74, 6) is -0.403. The summed E-state index contributed by atoms with van der Waals surface area (Å²) in [7, 11) is 0. The van der Waals surface area contributed by atoms with Crippen molar-refractivity contribution in [2.24, 2.45) is 0 Å². The zero-order chi connectivity index (χ0) is 17.5. The van der Waals surface area contributed by atoms with Crippen LogP contribution < -0.4 is 0 Å². The van der Waals surface area contributed by atoms with Gasteiger partial charge in [0, 0.05) is 6.08 Å². The van der Waals surface area contributed by atoms with Crippen LogP contribution in [0.4, 0.5) is 4.79 Å². The van der Waals surface area contributed by atoms with E-state index in [-0.39, 0.29) is 6.61 Å². The first-order chi connectivity index (χ1) is 12.3. The molecular weight excluding hydrogens is 318 g/mol. The third-order valence-electron chi connectivity index (χ3n) is 3.88. The predicted molar refractivity (Wildman–Crippen MR) is 92.6 cm³/mol. The van der Waals surface area contributed by atoms with E-state index < -0.39 is 18.0 Å². The summed E-state index contributed by atoms with van der Waals surface area (Å²) in [6, 6.07) is 18.8. The highest BCUT2D eigenvalue weighted by Gasteiger charge is 2.37. The van der Waals surface area contributed by atoms with Gasteiger partial charge in [-0.25, -0.2) is 9.69 Å². The number of carbonyl (C=O) groups is 2. The summed E-state index contributed by atoms with van der Waals surface area (Å²) in [5, 5.41) is 0. The van der Waals surface area contributed by atoms with Crippen molar-refractivity contribution in [3.8, 4) is 0 Å². The standard InChI is InChI=1S/C20H19NO4/c22-19(12-7-13-24-14-16-8-3-1-4-9-16)21-18(15-25-20(21)23)17-10-5-2-6-11-17/h1-12,18H,13-15H2. The molecule has 2 aromatic rings. The van der Waals surface area contributed by atoms with Crippen LogP contribution in [0.25, 0.3) is 0 Å². The van der Waals surface area contributed by atoms with Crippen LogP contribution in [0.1, 0.15) is 17.2 Å². The lowest BCUT2D eigenvalue weighted by molar-refractivity contribution is -0.124. The van der Waals surface area contributed by atoms with Crippen LogP contribution in [0.3, 0.4) is 0 Å². The molecule has 0 radical (unpaired) electrons. The Hall–Kier alpha value is -2.92. The molecule has 128 valence electrons. The first-order valence-corrected chi connectivity index (χ1v) is 8.09. The third-order valence-corrected chi connectivity index (χ3v) is 3.88. The summed E-state index contributed by atoms with van der Waals surface area (Å²) >= 11 is 0. The Morgan fingerprint density at radius 1 is 1.12 bits per heavy atom. The van der Waals surface area contributed by atoms with Gasteiger partial charge < -0.3 is 9.47 Å². The van der Waals surface area contributed by atoms with Crippen LogP contribution >= 0.6 is 0 Å². The van der Waals surface area contributed by atoms with E-state index in [1.807, 2.05) is 60.7 Å². The van der Waals surface area contributed by atoms with Gasteiger partial charge in [0.15, 0.2) is 0 Å². The van der Waals surface area contributed by atoms with E-state index in [9.17, 15) is 9.59 Å². The first kappa shape index (κ1) is 16.9. The molecule has 0 aromatic heterocycles. The third kappa shape index (κ3) is 4.33. The number of hydrogen-bond acceptors (Lipinski definition) is 4. The topological polar surface area (TPSA) is 55.8 Å². The SMILES string of the molecule is O=C(C=CCOCc1ccccc1)N1C(=O)OCC1c1ccccc1. The van der Waals surface area contributed by atoms with Gasteiger partial charge in [0.05, 0.1) is 13.2 Å². The number of rotatable bonds is 6. The fourth-order valence-electron chi connectivity index (χ4n) is 2.63. The van der Waals surface area contributed by atoms with Crippen LogP contribution in [0.2, 0.25) is 0 Å². The summed E-state index contributed by atoms with van der Waals surface area (Å²) in [4.78, 5) is 25.4. The van der Waals surface area contributed by atoms with E-state index in [0.29, 0.717) is 13.2 Å². The summed E-state index contributed by atoms with van der Waals surface area (Å²) in [6.07, 6.45) is 2.35. The molecule has 0 spiro atoms. The average molecular weight is 337 g/mol. The van der Waals surface area contributed by atoms with Crippen LogP contribution in [-0.2, 0) is 20.9 Å². The first-order valence-electron chi connectivity index (χ1n) is 8.09. The lowest BCUT2D eigenvalue weighted by Gasteiger charge is -2.18. The van der Waals surface area contributed by atoms with Crippen LogP contribution in [0.5, 0.6) is 0 Å². The van der Waals surface area contributed by atoms with Crippen molar-refractivity contribution in [1.29, 1.82) is 0 Å². The Morgan fingerprint density at radius 2 is 1.80 bits per heavy atom. The molecule has 5 heteroatoms. The van der Waals surface area contributed by atoms with Gasteiger partial charge in [0.1, 0.15) is 12.6 Å². The highest BCUT2D eigenvalue weighted by Crippen LogP contribution is 2.27. The Balaban J connectivity index is 1.55. The van der Waals surface area contributed by atoms with Crippen LogP contribution in [0.15, 0.2) is 72.8 Å². The fraction of sp³-hybridized carbons (Fsp3) is 0.200. The quantitative estimate of drug-likeness (QED) is 0.598. The van der Waals surface area contributed by atoms with E-state index in [1.165, 1.54) is 6.08 Å². The van der Waals surface area contributed by atoms with Crippen molar-refractivity contribution in [2.75, 3.05) is 13.2 Å². The summed E-state index contributed by atoms with van der Waals surface area (Å²) < 4.78 is 10.5. The molecule has 2 amide bonds. The van der Waals surface area contributed by atoms with Crippen molar-refractivity contribution in [3.05, 3.63) is 83.9 Å². The van der Waals surface area contributed by atoms with Crippen molar-refractivity contribution in [1.82, 2.24) is 4.90 Å². The van der Waals surface area contributed by atoms with Gasteiger partial charge in [-0.05, 0) is 11.1 Å². The Bertz CT molecular complexity index is 743. The number of nitrogens with zero attached hydrogens (tertiary/aromatic N) is 1. The van der Waals surface area contributed by atoms with Gasteiger partial charge in [0.25, 0.3) is 5.91 Å². The molecule has 0 saturated carbocycles. The summed E-state index contributed by atoms with van der Waals surface area (Å²) in [5.41, 5.74) is 1.94. The van der Waals surface area contributed by atoms with Crippen molar-refractivity contribution in [3.63, 3.8) is 0 Å².